The minimum atomic E-state index is 0.388. The molecule has 2 heterocycles. The Morgan fingerprint density at radius 3 is 3.06 bits per heavy atom. The van der Waals surface area contributed by atoms with Crippen LogP contribution in [0.5, 0.6) is 0 Å². The third kappa shape index (κ3) is 3.60. The molecule has 90 valence electrons. The first-order chi connectivity index (χ1) is 8.25. The number of hydrogen-bond donors (Lipinski definition) is 1. The van der Waals surface area contributed by atoms with Crippen molar-refractivity contribution in [2.75, 3.05) is 5.32 Å². The highest BCUT2D eigenvalue weighted by atomic mass is 79.9. The molecule has 2 rings (SSSR count). The molecule has 4 heteroatoms. The molecule has 2 aromatic heterocycles. The van der Waals surface area contributed by atoms with Gasteiger partial charge in [-0.3, -0.25) is 4.98 Å². The smallest absolute Gasteiger partial charge is 0.103 e. The molecular formula is C13H15BrN2O. The zero-order valence-electron chi connectivity index (χ0n) is 9.69. The molecule has 1 N–H and O–H groups in total. The summed E-state index contributed by atoms with van der Waals surface area (Å²) < 4.78 is 6.30. The number of nitrogens with zero attached hydrogens (tertiary/aromatic N) is 1. The zero-order valence-corrected chi connectivity index (χ0v) is 11.3. The Hall–Kier alpha value is -1.29. The van der Waals surface area contributed by atoms with Gasteiger partial charge in [0.2, 0.25) is 0 Å². The van der Waals surface area contributed by atoms with Gasteiger partial charge in [0.1, 0.15) is 5.76 Å². The van der Waals surface area contributed by atoms with E-state index in [-0.39, 0.29) is 0 Å². The monoisotopic (exact) mass is 294 g/mol. The minimum Gasteiger partial charge on any atom is -0.469 e. The van der Waals surface area contributed by atoms with Crippen LogP contribution in [-0.4, -0.2) is 11.0 Å². The van der Waals surface area contributed by atoms with Crippen LogP contribution in [0.15, 0.2) is 45.7 Å². The molecule has 2 aromatic rings. The summed E-state index contributed by atoms with van der Waals surface area (Å²) in [6.45, 7) is 2.16. The SMILES string of the molecule is CC(CCc1ccco1)Nc1ccncc1Br. The summed E-state index contributed by atoms with van der Waals surface area (Å²) in [5, 5.41) is 3.44. The Labute approximate surface area is 109 Å². The third-order valence-electron chi connectivity index (χ3n) is 2.58. The minimum absolute atomic E-state index is 0.388. The molecule has 0 amide bonds. The van der Waals surface area contributed by atoms with Crippen LogP contribution in [0, 0.1) is 0 Å². The van der Waals surface area contributed by atoms with Gasteiger partial charge >= 0.3 is 0 Å². The quantitative estimate of drug-likeness (QED) is 0.910. The molecule has 0 aliphatic heterocycles. The van der Waals surface area contributed by atoms with E-state index < -0.39 is 0 Å². The van der Waals surface area contributed by atoms with Crippen molar-refractivity contribution >= 4 is 21.6 Å². The van der Waals surface area contributed by atoms with E-state index in [9.17, 15) is 0 Å². The maximum absolute atomic E-state index is 5.31. The van der Waals surface area contributed by atoms with Crippen LogP contribution < -0.4 is 5.32 Å². The first kappa shape index (κ1) is 12.2. The lowest BCUT2D eigenvalue weighted by atomic mass is 10.1. The molecule has 0 aromatic carbocycles. The Bertz CT molecular complexity index is 456. The zero-order chi connectivity index (χ0) is 12.1. The van der Waals surface area contributed by atoms with Crippen LogP contribution in [0.3, 0.4) is 0 Å². The predicted octanol–water partition coefficient (Wildman–Crippen LogP) is 3.87. The molecule has 1 unspecified atom stereocenters. The summed E-state index contributed by atoms with van der Waals surface area (Å²) in [7, 11) is 0. The lowest BCUT2D eigenvalue weighted by Crippen LogP contribution is -2.16. The summed E-state index contributed by atoms with van der Waals surface area (Å²) in [5.41, 5.74) is 1.08. The fourth-order valence-corrected chi connectivity index (χ4v) is 2.01. The van der Waals surface area contributed by atoms with Crippen molar-refractivity contribution in [2.24, 2.45) is 0 Å². The highest BCUT2D eigenvalue weighted by Crippen LogP contribution is 2.21. The number of anilines is 1. The molecule has 3 nitrogen and oxygen atoms in total. The summed E-state index contributed by atoms with van der Waals surface area (Å²) in [6, 6.07) is 6.29. The van der Waals surface area contributed by atoms with Crippen molar-refractivity contribution in [2.45, 2.75) is 25.8 Å². The topological polar surface area (TPSA) is 38.1 Å². The van der Waals surface area contributed by atoms with Crippen molar-refractivity contribution < 1.29 is 4.42 Å². The average molecular weight is 295 g/mol. The molecule has 0 aliphatic carbocycles. The van der Waals surface area contributed by atoms with Gasteiger partial charge in [-0.2, -0.15) is 0 Å². The number of furan rings is 1. The summed E-state index contributed by atoms with van der Waals surface area (Å²) in [5.74, 6) is 1.03. The molecule has 1 atom stereocenters. The van der Waals surface area contributed by atoms with Crippen molar-refractivity contribution in [3.63, 3.8) is 0 Å². The maximum Gasteiger partial charge on any atom is 0.103 e. The molecule has 0 saturated heterocycles. The number of aromatic nitrogens is 1. The van der Waals surface area contributed by atoms with Gasteiger partial charge < -0.3 is 9.73 Å². The van der Waals surface area contributed by atoms with Gasteiger partial charge in [-0.15, -0.1) is 0 Å². The maximum atomic E-state index is 5.31. The van der Waals surface area contributed by atoms with Crippen LogP contribution in [0.1, 0.15) is 19.1 Å². The van der Waals surface area contributed by atoms with Gasteiger partial charge in [0.15, 0.2) is 0 Å². The van der Waals surface area contributed by atoms with Crippen molar-refractivity contribution in [3.05, 3.63) is 47.1 Å². The van der Waals surface area contributed by atoms with Crippen molar-refractivity contribution in [3.8, 4) is 0 Å². The van der Waals surface area contributed by atoms with Crippen LogP contribution in [0.2, 0.25) is 0 Å². The van der Waals surface area contributed by atoms with E-state index in [0.717, 1.165) is 28.8 Å². The summed E-state index contributed by atoms with van der Waals surface area (Å²) in [6.07, 6.45) is 7.27. The van der Waals surface area contributed by atoms with Crippen LogP contribution in [0.4, 0.5) is 5.69 Å². The summed E-state index contributed by atoms with van der Waals surface area (Å²) in [4.78, 5) is 4.04. The van der Waals surface area contributed by atoms with Gasteiger partial charge in [0.05, 0.1) is 16.4 Å². The van der Waals surface area contributed by atoms with Crippen LogP contribution >= 0.6 is 15.9 Å². The van der Waals surface area contributed by atoms with Gasteiger partial charge in [-0.1, -0.05) is 0 Å². The van der Waals surface area contributed by atoms with Gasteiger partial charge in [0.25, 0.3) is 0 Å². The number of nitrogens with one attached hydrogen (secondary N) is 1. The van der Waals surface area contributed by atoms with E-state index in [0.29, 0.717) is 6.04 Å². The molecule has 0 fully saturated rings. The molecule has 17 heavy (non-hydrogen) atoms. The predicted molar refractivity (Wildman–Crippen MR) is 72.1 cm³/mol. The third-order valence-corrected chi connectivity index (χ3v) is 3.21. The Kier molecular flexibility index (Phi) is 4.20. The molecular weight excluding hydrogens is 280 g/mol. The molecule has 0 aliphatic rings. The van der Waals surface area contributed by atoms with Crippen molar-refractivity contribution in [1.29, 1.82) is 0 Å². The lowest BCUT2D eigenvalue weighted by molar-refractivity contribution is 0.495. The fraction of sp³-hybridized carbons (Fsp3) is 0.308. The number of rotatable bonds is 5. The van der Waals surface area contributed by atoms with Gasteiger partial charge in [-0.05, 0) is 47.5 Å². The summed E-state index contributed by atoms with van der Waals surface area (Å²) >= 11 is 3.47. The van der Waals surface area contributed by atoms with E-state index in [4.69, 9.17) is 4.42 Å². The van der Waals surface area contributed by atoms with E-state index in [2.05, 4.69) is 33.2 Å². The number of halogens is 1. The number of hydrogen-bond acceptors (Lipinski definition) is 3. The second-order valence-corrected chi connectivity index (χ2v) is 4.87. The Morgan fingerprint density at radius 2 is 2.35 bits per heavy atom. The highest BCUT2D eigenvalue weighted by Gasteiger charge is 2.06. The Morgan fingerprint density at radius 1 is 1.47 bits per heavy atom. The molecule has 0 radical (unpaired) electrons. The fourth-order valence-electron chi connectivity index (χ4n) is 1.64. The van der Waals surface area contributed by atoms with E-state index in [1.165, 1.54) is 0 Å². The Balaban J connectivity index is 1.85. The first-order valence-corrected chi connectivity index (χ1v) is 6.43. The molecule has 0 saturated carbocycles. The van der Waals surface area contributed by atoms with Crippen molar-refractivity contribution in [1.82, 2.24) is 4.98 Å². The van der Waals surface area contributed by atoms with E-state index in [1.54, 1.807) is 18.7 Å². The highest BCUT2D eigenvalue weighted by molar-refractivity contribution is 9.10. The average Bonchev–Trinajstić information content (AvgIpc) is 2.82. The molecule has 0 spiro atoms. The van der Waals surface area contributed by atoms with Gasteiger partial charge in [-0.25, -0.2) is 0 Å². The van der Waals surface area contributed by atoms with Crippen LogP contribution in [0.25, 0.3) is 0 Å². The largest absolute Gasteiger partial charge is 0.469 e. The normalized spacial score (nSPS) is 12.4. The van der Waals surface area contributed by atoms with Gasteiger partial charge in [0, 0.05) is 24.9 Å². The second kappa shape index (κ2) is 5.87. The molecule has 0 bridgehead atoms. The first-order valence-electron chi connectivity index (χ1n) is 5.64. The lowest BCUT2D eigenvalue weighted by Gasteiger charge is -2.15. The second-order valence-electron chi connectivity index (χ2n) is 4.02. The standard InChI is InChI=1S/C13H15BrN2O/c1-10(4-5-11-3-2-8-17-11)16-13-6-7-15-9-12(13)14/h2-3,6-10H,4-5H2,1H3,(H,15,16). The van der Waals surface area contributed by atoms with Crippen LogP contribution in [-0.2, 0) is 6.42 Å². The van der Waals surface area contributed by atoms with E-state index >= 15 is 0 Å². The number of aryl methyl sites for hydroxylation is 1. The van der Waals surface area contributed by atoms with E-state index in [1.807, 2.05) is 18.2 Å². The number of pyridine rings is 1.